The summed E-state index contributed by atoms with van der Waals surface area (Å²) >= 11 is 0. The summed E-state index contributed by atoms with van der Waals surface area (Å²) in [6, 6.07) is 14.6. The van der Waals surface area contributed by atoms with Crippen molar-refractivity contribution < 1.29 is 14.3 Å². The molecule has 0 saturated heterocycles. The molecule has 3 aromatic rings. The molecule has 0 saturated carbocycles. The monoisotopic (exact) mass is 363 g/mol. The highest BCUT2D eigenvalue weighted by Crippen LogP contribution is 2.26. The Bertz CT molecular complexity index is 1000. The van der Waals surface area contributed by atoms with Crippen molar-refractivity contribution in [1.82, 2.24) is 10.3 Å². The first-order valence-electron chi connectivity index (χ1n) is 8.59. The largest absolute Gasteiger partial charge is 0.496 e. The second kappa shape index (κ2) is 7.86. The number of rotatable bonds is 4. The summed E-state index contributed by atoms with van der Waals surface area (Å²) in [6.45, 7) is 3.76. The van der Waals surface area contributed by atoms with E-state index in [2.05, 4.69) is 15.6 Å². The van der Waals surface area contributed by atoms with Gasteiger partial charge in [0.25, 0.3) is 0 Å². The van der Waals surface area contributed by atoms with Crippen molar-refractivity contribution in [2.45, 2.75) is 19.9 Å². The molecule has 2 aromatic carbocycles. The summed E-state index contributed by atoms with van der Waals surface area (Å²) in [6.07, 6.45) is 1.53. The van der Waals surface area contributed by atoms with Crippen molar-refractivity contribution in [3.63, 3.8) is 0 Å². The fraction of sp³-hybridized carbons (Fsp3) is 0.190. The Morgan fingerprint density at radius 3 is 2.63 bits per heavy atom. The van der Waals surface area contributed by atoms with Gasteiger partial charge in [0.05, 0.1) is 30.6 Å². The minimum absolute atomic E-state index is 0.382. The Hall–Kier alpha value is -3.41. The lowest BCUT2D eigenvalue weighted by Crippen LogP contribution is -2.37. The maximum atomic E-state index is 12.3. The molecule has 3 rings (SSSR count). The van der Waals surface area contributed by atoms with Gasteiger partial charge in [-0.3, -0.25) is 14.6 Å². The Balaban J connectivity index is 1.69. The van der Waals surface area contributed by atoms with Gasteiger partial charge in [-0.05, 0) is 32.0 Å². The number of aromatic nitrogens is 1. The van der Waals surface area contributed by atoms with Crippen molar-refractivity contribution in [3.8, 4) is 5.75 Å². The molecule has 138 valence electrons. The molecule has 2 N–H and O–H groups in total. The van der Waals surface area contributed by atoms with Crippen LogP contribution in [0.5, 0.6) is 5.75 Å². The van der Waals surface area contributed by atoms with Gasteiger partial charge in [-0.2, -0.15) is 0 Å². The van der Waals surface area contributed by atoms with E-state index in [-0.39, 0.29) is 6.04 Å². The lowest BCUT2D eigenvalue weighted by Gasteiger charge is -2.17. The van der Waals surface area contributed by atoms with Crippen LogP contribution >= 0.6 is 0 Å². The molecule has 0 aliphatic heterocycles. The third-order valence-corrected chi connectivity index (χ3v) is 4.25. The summed E-state index contributed by atoms with van der Waals surface area (Å²) in [7, 11) is 1.57. The maximum absolute atomic E-state index is 12.3. The molecule has 0 aliphatic rings. The van der Waals surface area contributed by atoms with Gasteiger partial charge in [-0.15, -0.1) is 0 Å². The van der Waals surface area contributed by atoms with Crippen LogP contribution in [0.25, 0.3) is 10.9 Å². The van der Waals surface area contributed by atoms with E-state index < -0.39 is 11.8 Å². The number of hydrogen-bond acceptors (Lipinski definition) is 4. The third kappa shape index (κ3) is 4.23. The van der Waals surface area contributed by atoms with Crippen LogP contribution < -0.4 is 15.4 Å². The zero-order chi connectivity index (χ0) is 19.4. The average Bonchev–Trinajstić information content (AvgIpc) is 2.67. The van der Waals surface area contributed by atoms with E-state index in [9.17, 15) is 9.59 Å². The number of anilines is 1. The number of benzene rings is 2. The second-order valence-corrected chi connectivity index (χ2v) is 6.31. The van der Waals surface area contributed by atoms with Crippen molar-refractivity contribution in [3.05, 3.63) is 65.9 Å². The second-order valence-electron chi connectivity index (χ2n) is 6.31. The fourth-order valence-corrected chi connectivity index (χ4v) is 2.86. The number of methoxy groups -OCH3 is 1. The topological polar surface area (TPSA) is 80.3 Å². The van der Waals surface area contributed by atoms with Crippen LogP contribution in [0.15, 0.2) is 54.7 Å². The first kappa shape index (κ1) is 18.4. The van der Waals surface area contributed by atoms with Gasteiger partial charge in [-0.1, -0.05) is 35.9 Å². The van der Waals surface area contributed by atoms with Gasteiger partial charge in [0.15, 0.2) is 0 Å². The van der Waals surface area contributed by atoms with Gasteiger partial charge < -0.3 is 15.4 Å². The average molecular weight is 363 g/mol. The molecule has 2 amide bonds. The standard InChI is InChI=1S/C21H21N3O3/c1-13-8-9-19(27-3)17(10-13)14(2)23-20(25)21(26)24-16-11-15-6-4-5-7-18(15)22-12-16/h4-12,14H,1-3H3,(H,23,25)(H,24,26). The molecule has 0 radical (unpaired) electrons. The summed E-state index contributed by atoms with van der Waals surface area (Å²) in [5.74, 6) is -0.808. The number of hydrogen-bond donors (Lipinski definition) is 2. The van der Waals surface area contributed by atoms with Gasteiger partial charge in [-0.25, -0.2) is 0 Å². The molecule has 0 aliphatic carbocycles. The molecule has 0 fully saturated rings. The predicted octanol–water partition coefficient (Wildman–Crippen LogP) is 3.37. The van der Waals surface area contributed by atoms with E-state index in [1.807, 2.05) is 49.4 Å². The minimum atomic E-state index is -0.745. The summed E-state index contributed by atoms with van der Waals surface area (Å²) in [5.41, 5.74) is 3.14. The SMILES string of the molecule is COc1ccc(C)cc1C(C)NC(=O)C(=O)Nc1cnc2ccccc2c1. The highest BCUT2D eigenvalue weighted by atomic mass is 16.5. The normalized spacial score (nSPS) is 11.7. The van der Waals surface area contributed by atoms with Crippen LogP contribution in [0.2, 0.25) is 0 Å². The van der Waals surface area contributed by atoms with Gasteiger partial charge in [0.1, 0.15) is 5.75 Å². The summed E-state index contributed by atoms with van der Waals surface area (Å²) in [4.78, 5) is 28.8. The summed E-state index contributed by atoms with van der Waals surface area (Å²) in [5, 5.41) is 6.17. The van der Waals surface area contributed by atoms with Crippen LogP contribution in [0.3, 0.4) is 0 Å². The number of nitrogens with zero attached hydrogens (tertiary/aromatic N) is 1. The molecule has 1 heterocycles. The van der Waals surface area contributed by atoms with Crippen molar-refractivity contribution in [2.24, 2.45) is 0 Å². The Morgan fingerprint density at radius 1 is 1.07 bits per heavy atom. The van der Waals surface area contributed by atoms with E-state index >= 15 is 0 Å². The van der Waals surface area contributed by atoms with E-state index in [0.717, 1.165) is 22.0 Å². The molecule has 1 unspecified atom stereocenters. The molecule has 0 bridgehead atoms. The van der Waals surface area contributed by atoms with Crippen molar-refractivity contribution in [1.29, 1.82) is 0 Å². The maximum Gasteiger partial charge on any atom is 0.313 e. The highest BCUT2D eigenvalue weighted by Gasteiger charge is 2.19. The van der Waals surface area contributed by atoms with E-state index in [0.29, 0.717) is 11.4 Å². The molecular formula is C21H21N3O3. The Morgan fingerprint density at radius 2 is 1.85 bits per heavy atom. The van der Waals surface area contributed by atoms with E-state index in [1.54, 1.807) is 20.1 Å². The smallest absolute Gasteiger partial charge is 0.313 e. The van der Waals surface area contributed by atoms with Gasteiger partial charge in [0, 0.05) is 10.9 Å². The molecule has 6 nitrogen and oxygen atoms in total. The predicted molar refractivity (Wildman–Crippen MR) is 105 cm³/mol. The van der Waals surface area contributed by atoms with Gasteiger partial charge >= 0.3 is 11.8 Å². The zero-order valence-electron chi connectivity index (χ0n) is 15.4. The Labute approximate surface area is 157 Å². The first-order valence-corrected chi connectivity index (χ1v) is 8.59. The lowest BCUT2D eigenvalue weighted by atomic mass is 10.0. The molecule has 27 heavy (non-hydrogen) atoms. The number of carbonyl (C=O) groups is 2. The number of nitrogens with one attached hydrogen (secondary N) is 2. The zero-order valence-corrected chi connectivity index (χ0v) is 15.4. The number of para-hydroxylation sites is 1. The Kier molecular flexibility index (Phi) is 5.35. The number of aryl methyl sites for hydroxylation is 1. The van der Waals surface area contributed by atoms with Gasteiger partial charge in [0.2, 0.25) is 0 Å². The van der Waals surface area contributed by atoms with Crippen molar-refractivity contribution in [2.75, 3.05) is 12.4 Å². The van der Waals surface area contributed by atoms with Crippen LogP contribution in [-0.4, -0.2) is 23.9 Å². The number of fused-ring (bicyclic) bond motifs is 1. The fourth-order valence-electron chi connectivity index (χ4n) is 2.86. The first-order chi connectivity index (χ1) is 13.0. The van der Waals surface area contributed by atoms with E-state index in [1.165, 1.54) is 6.20 Å². The quantitative estimate of drug-likeness (QED) is 0.697. The minimum Gasteiger partial charge on any atom is -0.496 e. The number of ether oxygens (including phenoxy) is 1. The van der Waals surface area contributed by atoms with Crippen LogP contribution in [0.4, 0.5) is 5.69 Å². The number of pyridine rings is 1. The number of carbonyl (C=O) groups excluding carboxylic acids is 2. The lowest BCUT2D eigenvalue weighted by molar-refractivity contribution is -0.136. The molecule has 0 spiro atoms. The van der Waals surface area contributed by atoms with Crippen LogP contribution in [-0.2, 0) is 9.59 Å². The third-order valence-electron chi connectivity index (χ3n) is 4.25. The molecule has 6 heteroatoms. The molecule has 1 atom stereocenters. The highest BCUT2D eigenvalue weighted by molar-refractivity contribution is 6.39. The molecular weight excluding hydrogens is 342 g/mol. The molecule has 1 aromatic heterocycles. The van der Waals surface area contributed by atoms with Crippen molar-refractivity contribution >= 4 is 28.4 Å². The number of amides is 2. The van der Waals surface area contributed by atoms with E-state index in [4.69, 9.17) is 4.74 Å². The van der Waals surface area contributed by atoms with Crippen LogP contribution in [0.1, 0.15) is 24.1 Å². The summed E-state index contributed by atoms with van der Waals surface area (Å²) < 4.78 is 5.34. The van der Waals surface area contributed by atoms with Crippen LogP contribution in [0, 0.1) is 6.92 Å².